The van der Waals surface area contributed by atoms with E-state index in [0.29, 0.717) is 12.1 Å². The lowest BCUT2D eigenvalue weighted by atomic mass is 9.98. The third kappa shape index (κ3) is 4.65. The summed E-state index contributed by atoms with van der Waals surface area (Å²) < 4.78 is 5.56. The Hall–Kier alpha value is -3.64. The first-order valence-electron chi connectivity index (χ1n) is 10.8. The molecule has 1 aliphatic carbocycles. The van der Waals surface area contributed by atoms with E-state index in [1.54, 1.807) is 0 Å². The van der Waals surface area contributed by atoms with Crippen LogP contribution < -0.4 is 16.4 Å². The highest BCUT2D eigenvalue weighted by molar-refractivity contribution is 5.96. The predicted molar refractivity (Wildman–Crippen MR) is 125 cm³/mol. The molecular formula is C26H27N3O3. The number of hydrogen-bond acceptors (Lipinski definition) is 4. The zero-order chi connectivity index (χ0) is 22.5. The van der Waals surface area contributed by atoms with Gasteiger partial charge in [-0.2, -0.15) is 0 Å². The molecule has 4 rings (SSSR count). The van der Waals surface area contributed by atoms with E-state index in [-0.39, 0.29) is 25.0 Å². The van der Waals surface area contributed by atoms with E-state index in [1.807, 2.05) is 55.5 Å². The van der Waals surface area contributed by atoms with Crippen LogP contribution in [0.3, 0.4) is 0 Å². The van der Waals surface area contributed by atoms with Gasteiger partial charge in [-0.05, 0) is 54.3 Å². The molecule has 3 aromatic rings. The molecule has 32 heavy (non-hydrogen) atoms. The van der Waals surface area contributed by atoms with Crippen LogP contribution in [0.4, 0.5) is 10.5 Å². The van der Waals surface area contributed by atoms with E-state index in [4.69, 9.17) is 10.5 Å². The van der Waals surface area contributed by atoms with Crippen molar-refractivity contribution in [3.05, 3.63) is 89.5 Å². The molecule has 164 valence electrons. The molecule has 1 aliphatic rings. The first-order valence-corrected chi connectivity index (χ1v) is 10.8. The van der Waals surface area contributed by atoms with Crippen molar-refractivity contribution in [2.24, 2.45) is 5.73 Å². The van der Waals surface area contributed by atoms with Crippen LogP contribution in [0.15, 0.2) is 72.8 Å². The zero-order valence-corrected chi connectivity index (χ0v) is 18.0. The number of carbonyl (C=O) groups is 2. The molecule has 2 amide bonds. The summed E-state index contributed by atoms with van der Waals surface area (Å²) in [6, 6.07) is 23.0. The molecule has 0 radical (unpaired) electrons. The Labute approximate surface area is 187 Å². The van der Waals surface area contributed by atoms with Gasteiger partial charge < -0.3 is 21.1 Å². The number of benzene rings is 3. The van der Waals surface area contributed by atoms with E-state index in [1.165, 1.54) is 0 Å². The second-order valence-corrected chi connectivity index (χ2v) is 7.96. The molecule has 0 spiro atoms. The van der Waals surface area contributed by atoms with E-state index in [9.17, 15) is 9.59 Å². The van der Waals surface area contributed by atoms with Crippen LogP contribution in [0.2, 0.25) is 0 Å². The van der Waals surface area contributed by atoms with Gasteiger partial charge in [-0.3, -0.25) is 4.79 Å². The Morgan fingerprint density at radius 2 is 1.53 bits per heavy atom. The van der Waals surface area contributed by atoms with Crippen LogP contribution in [0.25, 0.3) is 11.1 Å². The minimum Gasteiger partial charge on any atom is -0.449 e. The van der Waals surface area contributed by atoms with Gasteiger partial charge in [0, 0.05) is 11.6 Å². The quantitative estimate of drug-likeness (QED) is 0.525. The van der Waals surface area contributed by atoms with Gasteiger partial charge in [-0.1, -0.05) is 66.2 Å². The molecule has 0 aliphatic heterocycles. The van der Waals surface area contributed by atoms with E-state index >= 15 is 0 Å². The van der Waals surface area contributed by atoms with Gasteiger partial charge in [0.25, 0.3) is 0 Å². The van der Waals surface area contributed by atoms with Crippen molar-refractivity contribution in [1.82, 2.24) is 5.32 Å². The van der Waals surface area contributed by atoms with Crippen LogP contribution in [0, 0.1) is 6.92 Å². The van der Waals surface area contributed by atoms with Gasteiger partial charge in [-0.25, -0.2) is 4.79 Å². The van der Waals surface area contributed by atoms with Gasteiger partial charge in [0.05, 0.1) is 0 Å². The fourth-order valence-corrected chi connectivity index (χ4v) is 4.08. The maximum Gasteiger partial charge on any atom is 0.407 e. The number of amides is 2. The SMILES string of the molecule is Cc1ccc(NC(=O)C(CCN)NC(=O)OCC2c3ccccc3-c3ccccc32)cc1. The maximum absolute atomic E-state index is 12.7. The molecule has 4 N–H and O–H groups in total. The maximum atomic E-state index is 12.7. The molecule has 1 unspecified atom stereocenters. The van der Waals surface area contributed by atoms with Crippen LogP contribution in [-0.4, -0.2) is 31.2 Å². The van der Waals surface area contributed by atoms with Gasteiger partial charge in [0.15, 0.2) is 0 Å². The van der Waals surface area contributed by atoms with Crippen molar-refractivity contribution in [2.45, 2.75) is 25.3 Å². The number of anilines is 1. The number of nitrogens with two attached hydrogens (primary N) is 1. The summed E-state index contributed by atoms with van der Waals surface area (Å²) in [4.78, 5) is 25.2. The lowest BCUT2D eigenvalue weighted by Crippen LogP contribution is -2.45. The zero-order valence-electron chi connectivity index (χ0n) is 18.0. The second-order valence-electron chi connectivity index (χ2n) is 7.96. The van der Waals surface area contributed by atoms with E-state index in [2.05, 4.69) is 34.9 Å². The molecule has 0 fully saturated rings. The molecule has 0 saturated heterocycles. The van der Waals surface area contributed by atoms with Gasteiger partial charge in [0.2, 0.25) is 5.91 Å². The van der Waals surface area contributed by atoms with Crippen LogP contribution in [0.5, 0.6) is 0 Å². The third-order valence-electron chi connectivity index (χ3n) is 5.73. The number of hydrogen-bond donors (Lipinski definition) is 3. The number of ether oxygens (including phenoxy) is 1. The van der Waals surface area contributed by atoms with Crippen molar-refractivity contribution in [1.29, 1.82) is 0 Å². The van der Waals surface area contributed by atoms with Crippen LogP contribution in [-0.2, 0) is 9.53 Å². The number of alkyl carbamates (subject to hydrolysis) is 1. The minimum absolute atomic E-state index is 0.0394. The van der Waals surface area contributed by atoms with E-state index < -0.39 is 12.1 Å². The monoisotopic (exact) mass is 429 g/mol. The molecule has 0 saturated carbocycles. The second kappa shape index (κ2) is 9.66. The van der Waals surface area contributed by atoms with E-state index in [0.717, 1.165) is 27.8 Å². The molecule has 3 aromatic carbocycles. The summed E-state index contributed by atoms with van der Waals surface area (Å²) in [5.74, 6) is -0.365. The predicted octanol–water partition coefficient (Wildman–Crippen LogP) is 4.19. The molecule has 6 heteroatoms. The number of rotatable bonds is 7. The van der Waals surface area contributed by atoms with Crippen molar-refractivity contribution < 1.29 is 14.3 Å². The number of nitrogens with one attached hydrogen (secondary N) is 2. The molecular weight excluding hydrogens is 402 g/mol. The summed E-state index contributed by atoms with van der Waals surface area (Å²) in [7, 11) is 0. The highest BCUT2D eigenvalue weighted by Crippen LogP contribution is 2.44. The Bertz CT molecular complexity index is 1070. The third-order valence-corrected chi connectivity index (χ3v) is 5.73. The van der Waals surface area contributed by atoms with Gasteiger partial charge in [-0.15, -0.1) is 0 Å². The normalized spacial score (nSPS) is 13.1. The summed E-state index contributed by atoms with van der Waals surface area (Å²) in [5, 5.41) is 5.49. The first kappa shape index (κ1) is 21.6. The van der Waals surface area contributed by atoms with Crippen LogP contribution in [0.1, 0.15) is 29.0 Å². The molecule has 0 aromatic heterocycles. The Morgan fingerprint density at radius 1 is 0.938 bits per heavy atom. The summed E-state index contributed by atoms with van der Waals surface area (Å²) >= 11 is 0. The highest BCUT2D eigenvalue weighted by Gasteiger charge is 2.29. The summed E-state index contributed by atoms with van der Waals surface area (Å²) in [6.07, 6.45) is -0.327. The average molecular weight is 430 g/mol. The minimum atomic E-state index is -0.781. The Balaban J connectivity index is 1.40. The first-order chi connectivity index (χ1) is 15.6. The highest BCUT2D eigenvalue weighted by atomic mass is 16.5. The number of aryl methyl sites for hydroxylation is 1. The molecule has 6 nitrogen and oxygen atoms in total. The standard InChI is InChI=1S/C26H27N3O3/c1-17-10-12-18(13-11-17)28-25(30)24(14-15-27)29-26(31)32-16-23-21-8-4-2-6-19(21)20-7-3-5-9-22(20)23/h2-13,23-24H,14-16,27H2,1H3,(H,28,30)(H,29,31). The van der Waals surface area contributed by atoms with Crippen molar-refractivity contribution >= 4 is 17.7 Å². The fraction of sp³-hybridized carbons (Fsp3) is 0.231. The lowest BCUT2D eigenvalue weighted by molar-refractivity contribution is -0.118. The van der Waals surface area contributed by atoms with Crippen molar-refractivity contribution in [3.63, 3.8) is 0 Å². The topological polar surface area (TPSA) is 93.5 Å². The lowest BCUT2D eigenvalue weighted by Gasteiger charge is -2.19. The fourth-order valence-electron chi connectivity index (χ4n) is 4.08. The van der Waals surface area contributed by atoms with Crippen molar-refractivity contribution in [2.75, 3.05) is 18.5 Å². The van der Waals surface area contributed by atoms with Crippen LogP contribution >= 0.6 is 0 Å². The molecule has 0 heterocycles. The summed E-state index contributed by atoms with van der Waals surface area (Å²) in [5.41, 5.74) is 12.0. The molecule has 1 atom stereocenters. The molecule has 0 bridgehead atoms. The smallest absolute Gasteiger partial charge is 0.407 e. The number of fused-ring (bicyclic) bond motifs is 3. The van der Waals surface area contributed by atoms with Gasteiger partial charge >= 0.3 is 6.09 Å². The Kier molecular flexibility index (Phi) is 6.52. The summed E-state index contributed by atoms with van der Waals surface area (Å²) in [6.45, 7) is 2.42. The Morgan fingerprint density at radius 3 is 2.12 bits per heavy atom. The number of carbonyl (C=O) groups excluding carboxylic acids is 2. The van der Waals surface area contributed by atoms with Crippen molar-refractivity contribution in [3.8, 4) is 11.1 Å². The largest absolute Gasteiger partial charge is 0.449 e. The van der Waals surface area contributed by atoms with Gasteiger partial charge in [0.1, 0.15) is 12.6 Å². The average Bonchev–Trinajstić information content (AvgIpc) is 3.13.